The first-order valence-electron chi connectivity index (χ1n) is 5.48. The molecule has 0 amide bonds. The molecule has 14 heavy (non-hydrogen) atoms. The monoisotopic (exact) mass is 204 g/mol. The Balaban J connectivity index is 1.66. The molecule has 1 aliphatic carbocycles. The quantitative estimate of drug-likeness (QED) is 0.725. The van der Waals surface area contributed by atoms with Crippen molar-refractivity contribution in [1.82, 2.24) is 10.6 Å². The van der Waals surface area contributed by atoms with Crippen LogP contribution < -0.4 is 10.6 Å². The molecule has 2 rings (SSSR count). The topological polar surface area (TPSA) is 24.1 Å². The Hall–Kier alpha value is -0.220. The molecule has 0 radical (unpaired) electrons. The molecule has 1 heterocycles. The van der Waals surface area contributed by atoms with E-state index in [1.54, 1.807) is 0 Å². The highest BCUT2D eigenvalue weighted by atomic mass is 19.3. The van der Waals surface area contributed by atoms with Gasteiger partial charge in [0.25, 0.3) is 0 Å². The summed E-state index contributed by atoms with van der Waals surface area (Å²) in [5.41, 5.74) is 0. The first-order chi connectivity index (χ1) is 6.66. The van der Waals surface area contributed by atoms with Crippen LogP contribution in [0.1, 0.15) is 25.7 Å². The fourth-order valence-electron chi connectivity index (χ4n) is 2.38. The maximum atomic E-state index is 12.9. The molecule has 2 N–H and O–H groups in total. The van der Waals surface area contributed by atoms with Gasteiger partial charge in [-0.1, -0.05) is 0 Å². The van der Waals surface area contributed by atoms with E-state index in [1.807, 2.05) is 0 Å². The summed E-state index contributed by atoms with van der Waals surface area (Å²) in [6.07, 6.45) is 1.98. The molecule has 0 aromatic rings. The van der Waals surface area contributed by atoms with Crippen molar-refractivity contribution in [1.29, 1.82) is 0 Å². The van der Waals surface area contributed by atoms with Gasteiger partial charge in [-0.25, -0.2) is 8.78 Å². The minimum Gasteiger partial charge on any atom is -0.315 e. The van der Waals surface area contributed by atoms with Crippen molar-refractivity contribution in [2.75, 3.05) is 19.6 Å². The van der Waals surface area contributed by atoms with E-state index in [4.69, 9.17) is 0 Å². The molecule has 0 spiro atoms. The fraction of sp³-hybridized carbons (Fsp3) is 1.00. The molecule has 82 valence electrons. The highest BCUT2D eigenvalue weighted by molar-refractivity contribution is 4.85. The lowest BCUT2D eigenvalue weighted by molar-refractivity contribution is 0.00500. The van der Waals surface area contributed by atoms with Crippen molar-refractivity contribution in [2.24, 2.45) is 5.92 Å². The van der Waals surface area contributed by atoms with Gasteiger partial charge in [-0.2, -0.15) is 0 Å². The predicted molar refractivity (Wildman–Crippen MR) is 51.6 cm³/mol. The smallest absolute Gasteiger partial charge is 0.248 e. The van der Waals surface area contributed by atoms with Gasteiger partial charge < -0.3 is 10.6 Å². The third-order valence-electron chi connectivity index (χ3n) is 3.26. The van der Waals surface area contributed by atoms with Crippen LogP contribution in [0.25, 0.3) is 0 Å². The number of halogens is 2. The van der Waals surface area contributed by atoms with E-state index >= 15 is 0 Å². The summed E-state index contributed by atoms with van der Waals surface area (Å²) in [5.74, 6) is -2.20. The second-order valence-corrected chi connectivity index (χ2v) is 4.56. The number of hydrogen-bond donors (Lipinski definition) is 2. The zero-order valence-electron chi connectivity index (χ0n) is 8.36. The first kappa shape index (κ1) is 10.3. The molecule has 0 bridgehead atoms. The largest absolute Gasteiger partial charge is 0.315 e. The van der Waals surface area contributed by atoms with Crippen molar-refractivity contribution in [2.45, 2.75) is 37.6 Å². The van der Waals surface area contributed by atoms with Crippen LogP contribution in [-0.4, -0.2) is 31.6 Å². The van der Waals surface area contributed by atoms with Crippen molar-refractivity contribution < 1.29 is 8.78 Å². The Labute approximate surface area is 83.4 Å². The van der Waals surface area contributed by atoms with Crippen molar-refractivity contribution in [3.63, 3.8) is 0 Å². The SMILES string of the molecule is FC1(F)CCC(CN[C@H]2CCNC2)C1. The van der Waals surface area contributed by atoms with Crippen LogP contribution in [0.3, 0.4) is 0 Å². The summed E-state index contributed by atoms with van der Waals surface area (Å²) >= 11 is 0. The van der Waals surface area contributed by atoms with E-state index in [0.717, 1.165) is 26.1 Å². The number of nitrogens with one attached hydrogen (secondary N) is 2. The average Bonchev–Trinajstić information content (AvgIpc) is 2.70. The predicted octanol–water partition coefficient (Wildman–Crippen LogP) is 1.37. The van der Waals surface area contributed by atoms with Crippen LogP contribution >= 0.6 is 0 Å². The molecule has 2 atom stereocenters. The molecular weight excluding hydrogens is 186 g/mol. The number of alkyl halides is 2. The van der Waals surface area contributed by atoms with Gasteiger partial charge in [-0.15, -0.1) is 0 Å². The van der Waals surface area contributed by atoms with Gasteiger partial charge in [-0.05, 0) is 31.8 Å². The fourth-order valence-corrected chi connectivity index (χ4v) is 2.38. The Bertz CT molecular complexity index is 191. The van der Waals surface area contributed by atoms with E-state index in [-0.39, 0.29) is 18.8 Å². The van der Waals surface area contributed by atoms with Gasteiger partial charge in [0.2, 0.25) is 5.92 Å². The molecule has 2 fully saturated rings. The highest BCUT2D eigenvalue weighted by Crippen LogP contribution is 2.38. The maximum absolute atomic E-state index is 12.9. The molecule has 1 saturated heterocycles. The summed E-state index contributed by atoms with van der Waals surface area (Å²) < 4.78 is 25.7. The van der Waals surface area contributed by atoms with Crippen LogP contribution in [0, 0.1) is 5.92 Å². The zero-order valence-corrected chi connectivity index (χ0v) is 8.36. The van der Waals surface area contributed by atoms with Gasteiger partial charge in [-0.3, -0.25) is 0 Å². The Kier molecular flexibility index (Phi) is 3.02. The maximum Gasteiger partial charge on any atom is 0.248 e. The Morgan fingerprint density at radius 1 is 1.36 bits per heavy atom. The summed E-state index contributed by atoms with van der Waals surface area (Å²) in [5, 5.41) is 6.62. The molecule has 1 saturated carbocycles. The van der Waals surface area contributed by atoms with Crippen molar-refractivity contribution >= 4 is 0 Å². The third kappa shape index (κ3) is 2.64. The summed E-state index contributed by atoms with van der Waals surface area (Å²) in [6.45, 7) is 2.81. The molecule has 1 aliphatic heterocycles. The highest BCUT2D eigenvalue weighted by Gasteiger charge is 2.39. The first-order valence-corrected chi connectivity index (χ1v) is 5.48. The van der Waals surface area contributed by atoms with E-state index in [0.29, 0.717) is 12.5 Å². The normalized spacial score (nSPS) is 36.4. The van der Waals surface area contributed by atoms with Crippen molar-refractivity contribution in [3.8, 4) is 0 Å². The molecule has 0 aromatic heterocycles. The van der Waals surface area contributed by atoms with Crippen LogP contribution in [0.2, 0.25) is 0 Å². The summed E-state index contributed by atoms with van der Waals surface area (Å²) in [6, 6.07) is 0.504. The Morgan fingerprint density at radius 2 is 2.21 bits per heavy atom. The summed E-state index contributed by atoms with van der Waals surface area (Å²) in [4.78, 5) is 0. The van der Waals surface area contributed by atoms with E-state index in [9.17, 15) is 8.78 Å². The average molecular weight is 204 g/mol. The van der Waals surface area contributed by atoms with E-state index in [1.165, 1.54) is 0 Å². The van der Waals surface area contributed by atoms with Crippen molar-refractivity contribution in [3.05, 3.63) is 0 Å². The Morgan fingerprint density at radius 3 is 2.79 bits per heavy atom. The van der Waals surface area contributed by atoms with E-state index < -0.39 is 5.92 Å². The van der Waals surface area contributed by atoms with Crippen LogP contribution in [0.4, 0.5) is 8.78 Å². The third-order valence-corrected chi connectivity index (χ3v) is 3.26. The van der Waals surface area contributed by atoms with E-state index in [2.05, 4.69) is 10.6 Å². The minimum atomic E-state index is -2.39. The lowest BCUT2D eigenvalue weighted by atomic mass is 10.1. The van der Waals surface area contributed by atoms with Gasteiger partial charge >= 0.3 is 0 Å². The number of rotatable bonds is 3. The van der Waals surface area contributed by atoms with Gasteiger partial charge in [0.1, 0.15) is 0 Å². The minimum absolute atomic E-state index is 0.0835. The molecule has 0 aromatic carbocycles. The molecule has 1 unspecified atom stereocenters. The van der Waals surface area contributed by atoms with Gasteiger partial charge in [0.05, 0.1) is 0 Å². The van der Waals surface area contributed by atoms with Crippen LogP contribution in [-0.2, 0) is 0 Å². The second-order valence-electron chi connectivity index (χ2n) is 4.56. The molecular formula is C10H18F2N2. The van der Waals surface area contributed by atoms with Crippen LogP contribution in [0.15, 0.2) is 0 Å². The van der Waals surface area contributed by atoms with Gasteiger partial charge in [0.15, 0.2) is 0 Å². The van der Waals surface area contributed by atoms with Crippen LogP contribution in [0.5, 0.6) is 0 Å². The second kappa shape index (κ2) is 4.11. The van der Waals surface area contributed by atoms with Gasteiger partial charge in [0, 0.05) is 25.4 Å². The number of hydrogen-bond acceptors (Lipinski definition) is 2. The molecule has 4 heteroatoms. The molecule has 2 nitrogen and oxygen atoms in total. The summed E-state index contributed by atoms with van der Waals surface area (Å²) in [7, 11) is 0. The zero-order chi connectivity index (χ0) is 10.0. The standard InChI is InChI=1S/C10H18F2N2/c11-10(12)3-1-8(5-10)6-14-9-2-4-13-7-9/h8-9,13-14H,1-7H2/t8?,9-/m0/s1. The molecule has 2 aliphatic rings. The lowest BCUT2D eigenvalue weighted by Gasteiger charge is -2.15. The lowest BCUT2D eigenvalue weighted by Crippen LogP contribution is -2.34.